The van der Waals surface area contributed by atoms with Gasteiger partial charge in [-0.25, -0.2) is 0 Å². The van der Waals surface area contributed by atoms with Crippen LogP contribution < -0.4 is 11.1 Å². The molecule has 92 valence electrons. The molecule has 3 N–H and O–H groups in total. The van der Waals surface area contributed by atoms with Gasteiger partial charge in [-0.15, -0.1) is 0 Å². The smallest absolute Gasteiger partial charge is 0.274 e. The molecule has 6 heteroatoms. The third-order valence-electron chi connectivity index (χ3n) is 2.56. The molecule has 0 bridgehead atoms. The van der Waals surface area contributed by atoms with Gasteiger partial charge in [0.2, 0.25) is 5.91 Å². The molecule has 1 amide bonds. The fourth-order valence-electron chi connectivity index (χ4n) is 1.32. The van der Waals surface area contributed by atoms with Gasteiger partial charge in [-0.3, -0.25) is 14.9 Å². The van der Waals surface area contributed by atoms with Gasteiger partial charge < -0.3 is 11.1 Å². The fourth-order valence-corrected chi connectivity index (χ4v) is 1.32. The zero-order valence-corrected chi connectivity index (χ0v) is 9.77. The number of anilines is 1. The first kappa shape index (κ1) is 13.1. The summed E-state index contributed by atoms with van der Waals surface area (Å²) in [6.45, 7) is 3.53. The SMILES string of the molecule is Cc1c(NC(=O)C(C)CN)cccc1[N+](=O)[O-]. The van der Waals surface area contributed by atoms with Gasteiger partial charge in [0.1, 0.15) is 0 Å². The van der Waals surface area contributed by atoms with Crippen LogP contribution in [0.2, 0.25) is 0 Å². The highest BCUT2D eigenvalue weighted by atomic mass is 16.6. The molecule has 0 aromatic heterocycles. The first-order chi connectivity index (χ1) is 7.97. The Hall–Kier alpha value is -1.95. The van der Waals surface area contributed by atoms with Crippen molar-refractivity contribution in [3.05, 3.63) is 33.9 Å². The highest BCUT2D eigenvalue weighted by Crippen LogP contribution is 2.25. The average Bonchev–Trinajstić information content (AvgIpc) is 2.30. The Kier molecular flexibility index (Phi) is 4.17. The number of carbonyl (C=O) groups excluding carboxylic acids is 1. The van der Waals surface area contributed by atoms with E-state index in [-0.39, 0.29) is 24.1 Å². The van der Waals surface area contributed by atoms with Crippen molar-refractivity contribution in [3.8, 4) is 0 Å². The summed E-state index contributed by atoms with van der Waals surface area (Å²) >= 11 is 0. The molecule has 0 aliphatic carbocycles. The van der Waals surface area contributed by atoms with Crippen LogP contribution in [-0.4, -0.2) is 17.4 Å². The Bertz CT molecular complexity index is 446. The maximum atomic E-state index is 11.6. The molecule has 0 heterocycles. The first-order valence-electron chi connectivity index (χ1n) is 5.22. The van der Waals surface area contributed by atoms with E-state index in [0.717, 1.165) is 0 Å². The lowest BCUT2D eigenvalue weighted by Crippen LogP contribution is -2.27. The van der Waals surface area contributed by atoms with Crippen molar-refractivity contribution in [2.24, 2.45) is 11.7 Å². The topological polar surface area (TPSA) is 98.3 Å². The first-order valence-corrected chi connectivity index (χ1v) is 5.22. The molecule has 1 atom stereocenters. The molecule has 1 rings (SSSR count). The summed E-state index contributed by atoms with van der Waals surface area (Å²) in [6, 6.07) is 4.56. The van der Waals surface area contributed by atoms with Crippen molar-refractivity contribution in [3.63, 3.8) is 0 Å². The molecule has 0 radical (unpaired) electrons. The summed E-state index contributed by atoms with van der Waals surface area (Å²) in [5.74, 6) is -0.565. The molecule has 1 unspecified atom stereocenters. The van der Waals surface area contributed by atoms with E-state index in [4.69, 9.17) is 5.73 Å². The van der Waals surface area contributed by atoms with Gasteiger partial charge >= 0.3 is 0 Å². The number of nitrogens with zero attached hydrogens (tertiary/aromatic N) is 1. The molecular formula is C11H15N3O3. The van der Waals surface area contributed by atoms with Crippen LogP contribution in [0.5, 0.6) is 0 Å². The molecule has 1 aromatic rings. The van der Waals surface area contributed by atoms with Crippen LogP contribution in [0.3, 0.4) is 0 Å². The Morgan fingerprint density at radius 2 is 2.24 bits per heavy atom. The summed E-state index contributed by atoms with van der Waals surface area (Å²) in [4.78, 5) is 21.9. The number of nitrogens with one attached hydrogen (secondary N) is 1. The average molecular weight is 237 g/mol. The summed E-state index contributed by atoms with van der Waals surface area (Å²) in [5.41, 5.74) is 6.25. The predicted molar refractivity (Wildman–Crippen MR) is 64.7 cm³/mol. The number of rotatable bonds is 4. The van der Waals surface area contributed by atoms with Crippen molar-refractivity contribution < 1.29 is 9.72 Å². The third-order valence-corrected chi connectivity index (χ3v) is 2.56. The van der Waals surface area contributed by atoms with Gasteiger partial charge in [0.25, 0.3) is 5.69 Å². The Balaban J connectivity index is 2.96. The van der Waals surface area contributed by atoms with E-state index >= 15 is 0 Å². The van der Waals surface area contributed by atoms with Gasteiger partial charge in [-0.1, -0.05) is 13.0 Å². The predicted octanol–water partition coefficient (Wildman–Crippen LogP) is 1.44. The lowest BCUT2D eigenvalue weighted by atomic mass is 10.1. The highest BCUT2D eigenvalue weighted by molar-refractivity contribution is 5.93. The second-order valence-electron chi connectivity index (χ2n) is 3.83. The van der Waals surface area contributed by atoms with E-state index in [9.17, 15) is 14.9 Å². The van der Waals surface area contributed by atoms with E-state index in [2.05, 4.69) is 5.32 Å². The van der Waals surface area contributed by atoms with Crippen LogP contribution in [0.25, 0.3) is 0 Å². The number of nitrogens with two attached hydrogens (primary N) is 1. The molecule has 0 saturated carbocycles. The number of carbonyl (C=O) groups is 1. The number of amides is 1. The molecular weight excluding hydrogens is 222 g/mol. The van der Waals surface area contributed by atoms with Gasteiger partial charge in [0.15, 0.2) is 0 Å². The monoisotopic (exact) mass is 237 g/mol. The van der Waals surface area contributed by atoms with E-state index in [1.54, 1.807) is 19.9 Å². The molecule has 0 spiro atoms. The molecule has 0 fully saturated rings. The summed E-state index contributed by atoms with van der Waals surface area (Å²) < 4.78 is 0. The Morgan fingerprint density at radius 1 is 1.59 bits per heavy atom. The highest BCUT2D eigenvalue weighted by Gasteiger charge is 2.16. The lowest BCUT2D eigenvalue weighted by Gasteiger charge is -2.11. The van der Waals surface area contributed by atoms with E-state index in [1.807, 2.05) is 0 Å². The quantitative estimate of drug-likeness (QED) is 0.611. The zero-order chi connectivity index (χ0) is 13.0. The van der Waals surface area contributed by atoms with Crippen LogP contribution in [0.15, 0.2) is 18.2 Å². The van der Waals surface area contributed by atoms with Crippen LogP contribution in [0, 0.1) is 23.0 Å². The van der Waals surface area contributed by atoms with Crippen molar-refractivity contribution in [2.75, 3.05) is 11.9 Å². The molecule has 0 saturated heterocycles. The number of benzene rings is 1. The minimum Gasteiger partial charge on any atom is -0.330 e. The van der Waals surface area contributed by atoms with Crippen LogP contribution in [0.1, 0.15) is 12.5 Å². The summed E-state index contributed by atoms with van der Waals surface area (Å²) in [6.07, 6.45) is 0. The van der Waals surface area contributed by atoms with Crippen LogP contribution in [-0.2, 0) is 4.79 Å². The van der Waals surface area contributed by atoms with Gasteiger partial charge in [-0.05, 0) is 13.0 Å². The van der Waals surface area contributed by atoms with Gasteiger partial charge in [0.05, 0.1) is 16.2 Å². The largest absolute Gasteiger partial charge is 0.330 e. The Morgan fingerprint density at radius 3 is 2.76 bits per heavy atom. The number of nitro benzene ring substituents is 1. The minimum atomic E-state index is -0.475. The van der Waals surface area contributed by atoms with E-state index < -0.39 is 4.92 Å². The minimum absolute atomic E-state index is 0.0109. The number of hydrogen-bond donors (Lipinski definition) is 2. The Labute approximate surface area is 99.0 Å². The fraction of sp³-hybridized carbons (Fsp3) is 0.364. The number of hydrogen-bond acceptors (Lipinski definition) is 4. The van der Waals surface area contributed by atoms with Crippen molar-refractivity contribution in [1.29, 1.82) is 0 Å². The van der Waals surface area contributed by atoms with Crippen molar-refractivity contribution in [1.82, 2.24) is 0 Å². The molecule has 1 aromatic carbocycles. The molecule has 17 heavy (non-hydrogen) atoms. The normalized spacial score (nSPS) is 11.9. The second-order valence-corrected chi connectivity index (χ2v) is 3.83. The van der Waals surface area contributed by atoms with Gasteiger partial charge in [0, 0.05) is 18.5 Å². The third kappa shape index (κ3) is 3.01. The molecule has 0 aliphatic rings. The lowest BCUT2D eigenvalue weighted by molar-refractivity contribution is -0.385. The van der Waals surface area contributed by atoms with E-state index in [1.165, 1.54) is 12.1 Å². The molecule has 6 nitrogen and oxygen atoms in total. The zero-order valence-electron chi connectivity index (χ0n) is 9.77. The summed E-state index contributed by atoms with van der Waals surface area (Å²) in [5, 5.41) is 13.4. The molecule has 0 aliphatic heterocycles. The second kappa shape index (κ2) is 5.40. The van der Waals surface area contributed by atoms with Crippen molar-refractivity contribution in [2.45, 2.75) is 13.8 Å². The maximum absolute atomic E-state index is 11.6. The van der Waals surface area contributed by atoms with Crippen molar-refractivity contribution >= 4 is 17.3 Å². The van der Waals surface area contributed by atoms with E-state index in [0.29, 0.717) is 11.3 Å². The van der Waals surface area contributed by atoms with Gasteiger partial charge in [-0.2, -0.15) is 0 Å². The number of nitro groups is 1. The van der Waals surface area contributed by atoms with Crippen LogP contribution >= 0.6 is 0 Å². The van der Waals surface area contributed by atoms with Crippen LogP contribution in [0.4, 0.5) is 11.4 Å². The maximum Gasteiger partial charge on any atom is 0.274 e. The summed E-state index contributed by atoms with van der Waals surface area (Å²) in [7, 11) is 0. The standard InChI is InChI=1S/C11H15N3O3/c1-7(6-12)11(15)13-9-4-3-5-10(8(9)2)14(16)17/h3-5,7H,6,12H2,1-2H3,(H,13,15).